The lowest BCUT2D eigenvalue weighted by molar-refractivity contribution is 0.0116. The maximum Gasteiger partial charge on any atom is 0.0760 e. The first-order valence-corrected chi connectivity index (χ1v) is 7.74. The van der Waals surface area contributed by atoms with Gasteiger partial charge in [-0.25, -0.2) is 0 Å². The minimum Gasteiger partial charge on any atom is -0.379 e. The van der Waals surface area contributed by atoms with Crippen molar-refractivity contribution in [2.24, 2.45) is 0 Å². The van der Waals surface area contributed by atoms with Crippen molar-refractivity contribution in [3.63, 3.8) is 0 Å². The molecule has 1 heterocycles. The Hall–Kier alpha value is -0.350. The summed E-state index contributed by atoms with van der Waals surface area (Å²) in [6.07, 6.45) is 4.54. The van der Waals surface area contributed by atoms with Crippen molar-refractivity contribution < 1.29 is 4.74 Å². The van der Waals surface area contributed by atoms with Crippen LogP contribution in [0.25, 0.3) is 0 Å². The second-order valence-corrected chi connectivity index (χ2v) is 6.37. The van der Waals surface area contributed by atoms with Crippen LogP contribution in [0.3, 0.4) is 0 Å². The number of pyridine rings is 1. The van der Waals surface area contributed by atoms with Crippen LogP contribution in [-0.4, -0.2) is 24.2 Å². The third kappa shape index (κ3) is 5.57. The van der Waals surface area contributed by atoms with Crippen LogP contribution in [0.4, 0.5) is 0 Å². The molecule has 1 aromatic heterocycles. The van der Waals surface area contributed by atoms with Gasteiger partial charge >= 0.3 is 0 Å². The molecule has 0 fully saturated rings. The maximum atomic E-state index is 6.27. The van der Waals surface area contributed by atoms with E-state index in [-0.39, 0.29) is 11.6 Å². The second kappa shape index (κ2) is 8.18. The molecule has 0 aliphatic heterocycles. The monoisotopic (exact) mass is 318 g/mol. The number of rotatable bonds is 8. The molecule has 1 aromatic rings. The number of hydrogen-bond donors (Lipinski definition) is 1. The zero-order valence-electron chi connectivity index (χ0n) is 12.7. The summed E-state index contributed by atoms with van der Waals surface area (Å²) >= 11 is 12.2. The maximum absolute atomic E-state index is 6.27. The standard InChI is InChI=1S/C15H24Cl2N2O/c1-5-8-18-13(6-7-15(2,3)20-4)14-12(17)9-11(16)10-19-14/h9-10,13,18H,5-8H2,1-4H3. The average Bonchev–Trinajstić information content (AvgIpc) is 2.40. The first kappa shape index (κ1) is 17.7. The fourth-order valence-electron chi connectivity index (χ4n) is 1.93. The number of hydrogen-bond acceptors (Lipinski definition) is 3. The Kier molecular flexibility index (Phi) is 7.24. The summed E-state index contributed by atoms with van der Waals surface area (Å²) in [5.74, 6) is 0. The Morgan fingerprint density at radius 1 is 1.40 bits per heavy atom. The van der Waals surface area contributed by atoms with Crippen molar-refractivity contribution >= 4 is 23.2 Å². The molecule has 20 heavy (non-hydrogen) atoms. The van der Waals surface area contributed by atoms with Crippen LogP contribution in [0.1, 0.15) is 51.8 Å². The van der Waals surface area contributed by atoms with Crippen LogP contribution in [-0.2, 0) is 4.74 Å². The van der Waals surface area contributed by atoms with Gasteiger partial charge in [0.05, 0.1) is 27.4 Å². The van der Waals surface area contributed by atoms with E-state index in [1.807, 2.05) is 0 Å². The molecule has 0 saturated heterocycles. The highest BCUT2D eigenvalue weighted by atomic mass is 35.5. The summed E-state index contributed by atoms with van der Waals surface area (Å²) in [7, 11) is 1.74. The Bertz CT molecular complexity index is 424. The Labute approximate surface area is 132 Å². The number of methoxy groups -OCH3 is 1. The largest absolute Gasteiger partial charge is 0.379 e. The van der Waals surface area contributed by atoms with Crippen molar-refractivity contribution in [3.8, 4) is 0 Å². The number of halogens is 2. The smallest absolute Gasteiger partial charge is 0.0760 e. The van der Waals surface area contributed by atoms with E-state index in [4.69, 9.17) is 27.9 Å². The minimum atomic E-state index is -0.148. The van der Waals surface area contributed by atoms with E-state index >= 15 is 0 Å². The SMILES string of the molecule is CCCNC(CCC(C)(C)OC)c1ncc(Cl)cc1Cl. The van der Waals surface area contributed by atoms with Gasteiger partial charge < -0.3 is 10.1 Å². The normalized spacial score (nSPS) is 13.5. The van der Waals surface area contributed by atoms with Gasteiger partial charge in [0.1, 0.15) is 0 Å². The summed E-state index contributed by atoms with van der Waals surface area (Å²) in [6, 6.07) is 1.86. The van der Waals surface area contributed by atoms with Crippen LogP contribution in [0, 0.1) is 0 Å². The molecule has 0 saturated carbocycles. The van der Waals surface area contributed by atoms with Gasteiger partial charge in [0, 0.05) is 13.3 Å². The molecule has 0 aliphatic carbocycles. The minimum absolute atomic E-state index is 0.120. The van der Waals surface area contributed by atoms with E-state index in [2.05, 4.69) is 31.1 Å². The highest BCUT2D eigenvalue weighted by molar-refractivity contribution is 6.34. The summed E-state index contributed by atoms with van der Waals surface area (Å²) in [6.45, 7) is 7.24. The number of aromatic nitrogens is 1. The molecule has 0 aliphatic rings. The molecule has 1 N–H and O–H groups in total. The van der Waals surface area contributed by atoms with Crippen LogP contribution in [0.15, 0.2) is 12.3 Å². The van der Waals surface area contributed by atoms with E-state index in [9.17, 15) is 0 Å². The van der Waals surface area contributed by atoms with Gasteiger partial charge in [0.15, 0.2) is 0 Å². The first-order chi connectivity index (χ1) is 9.39. The van der Waals surface area contributed by atoms with Crippen molar-refractivity contribution in [3.05, 3.63) is 28.0 Å². The topological polar surface area (TPSA) is 34.1 Å². The lowest BCUT2D eigenvalue weighted by Gasteiger charge is -2.26. The van der Waals surface area contributed by atoms with E-state index in [1.54, 1.807) is 19.4 Å². The molecule has 5 heteroatoms. The van der Waals surface area contributed by atoms with Gasteiger partial charge in [-0.05, 0) is 45.7 Å². The highest BCUT2D eigenvalue weighted by Gasteiger charge is 2.22. The first-order valence-electron chi connectivity index (χ1n) is 6.99. The molecule has 0 aromatic carbocycles. The number of nitrogens with one attached hydrogen (secondary N) is 1. The predicted molar refractivity (Wildman–Crippen MR) is 85.6 cm³/mol. The molecule has 0 radical (unpaired) electrons. The van der Waals surface area contributed by atoms with E-state index in [0.717, 1.165) is 31.5 Å². The molecular formula is C15H24Cl2N2O. The van der Waals surface area contributed by atoms with Gasteiger partial charge in [-0.1, -0.05) is 30.1 Å². The van der Waals surface area contributed by atoms with Gasteiger partial charge in [0.2, 0.25) is 0 Å². The summed E-state index contributed by atoms with van der Waals surface area (Å²) in [5.41, 5.74) is 0.710. The highest BCUT2D eigenvalue weighted by Crippen LogP contribution is 2.29. The van der Waals surface area contributed by atoms with Gasteiger partial charge in [-0.2, -0.15) is 0 Å². The Morgan fingerprint density at radius 3 is 2.65 bits per heavy atom. The third-order valence-electron chi connectivity index (χ3n) is 3.39. The van der Waals surface area contributed by atoms with E-state index in [0.29, 0.717) is 10.0 Å². The quantitative estimate of drug-likeness (QED) is 0.758. The van der Waals surface area contributed by atoms with Crippen molar-refractivity contribution in [2.75, 3.05) is 13.7 Å². The zero-order valence-corrected chi connectivity index (χ0v) is 14.2. The van der Waals surface area contributed by atoms with Crippen molar-refractivity contribution in [1.82, 2.24) is 10.3 Å². The van der Waals surface area contributed by atoms with Crippen LogP contribution in [0.5, 0.6) is 0 Å². The molecule has 0 bridgehead atoms. The summed E-state index contributed by atoms with van der Waals surface area (Å²) < 4.78 is 5.48. The Morgan fingerprint density at radius 2 is 2.10 bits per heavy atom. The fraction of sp³-hybridized carbons (Fsp3) is 0.667. The lowest BCUT2D eigenvalue weighted by Crippen LogP contribution is -2.28. The van der Waals surface area contributed by atoms with Crippen molar-refractivity contribution in [1.29, 1.82) is 0 Å². The number of nitrogens with zero attached hydrogens (tertiary/aromatic N) is 1. The Balaban J connectivity index is 2.82. The molecule has 1 rings (SSSR count). The molecule has 3 nitrogen and oxygen atoms in total. The van der Waals surface area contributed by atoms with E-state index in [1.165, 1.54) is 0 Å². The molecule has 114 valence electrons. The predicted octanol–water partition coefficient (Wildman–Crippen LogP) is 4.63. The van der Waals surface area contributed by atoms with Crippen molar-refractivity contribution in [2.45, 2.75) is 51.7 Å². The molecule has 1 unspecified atom stereocenters. The van der Waals surface area contributed by atoms with Gasteiger partial charge in [-0.15, -0.1) is 0 Å². The average molecular weight is 319 g/mol. The molecule has 0 amide bonds. The zero-order chi connectivity index (χ0) is 15.2. The van der Waals surface area contributed by atoms with Gasteiger partial charge in [-0.3, -0.25) is 4.98 Å². The molecule has 0 spiro atoms. The summed E-state index contributed by atoms with van der Waals surface area (Å²) in [5, 5.41) is 4.67. The third-order valence-corrected chi connectivity index (χ3v) is 3.90. The summed E-state index contributed by atoms with van der Waals surface area (Å²) in [4.78, 5) is 4.39. The van der Waals surface area contributed by atoms with Crippen LogP contribution < -0.4 is 5.32 Å². The van der Waals surface area contributed by atoms with Gasteiger partial charge in [0.25, 0.3) is 0 Å². The number of ether oxygens (including phenoxy) is 1. The fourth-order valence-corrected chi connectivity index (χ4v) is 2.44. The molecular weight excluding hydrogens is 295 g/mol. The lowest BCUT2D eigenvalue weighted by atomic mass is 9.97. The van der Waals surface area contributed by atoms with E-state index < -0.39 is 0 Å². The van der Waals surface area contributed by atoms with Crippen LogP contribution >= 0.6 is 23.2 Å². The second-order valence-electron chi connectivity index (χ2n) is 5.53. The van der Waals surface area contributed by atoms with Crippen LogP contribution in [0.2, 0.25) is 10.0 Å². The molecule has 1 atom stereocenters.